The van der Waals surface area contributed by atoms with Crippen molar-refractivity contribution in [3.63, 3.8) is 0 Å². The number of hydrogen-bond donors (Lipinski definition) is 0. The summed E-state index contributed by atoms with van der Waals surface area (Å²) in [7, 11) is 8.07. The summed E-state index contributed by atoms with van der Waals surface area (Å²) in [5, 5.41) is -0.369. The Balaban J connectivity index is 1.44. The third kappa shape index (κ3) is 7.45. The van der Waals surface area contributed by atoms with E-state index in [0.717, 1.165) is 66.0 Å². The molecule has 7 heteroatoms. The van der Waals surface area contributed by atoms with Crippen LogP contribution in [-0.4, -0.2) is 76.2 Å². The molecule has 1 heterocycles. The molecule has 208 valence electrons. The number of thioether (sulfide) groups is 1. The average molecular weight is 540 g/mol. The minimum Gasteiger partial charge on any atom is -0.497 e. The first-order valence-corrected chi connectivity index (χ1v) is 15.1. The van der Waals surface area contributed by atoms with Crippen LogP contribution in [0.3, 0.4) is 0 Å². The fourth-order valence-corrected chi connectivity index (χ4v) is 6.78. The van der Waals surface area contributed by atoms with Crippen molar-refractivity contribution in [1.29, 1.82) is 0 Å². The van der Waals surface area contributed by atoms with Gasteiger partial charge in [-0.15, -0.1) is 11.8 Å². The maximum absolute atomic E-state index is 13.9. The van der Waals surface area contributed by atoms with Gasteiger partial charge in [0.25, 0.3) is 0 Å². The van der Waals surface area contributed by atoms with E-state index in [9.17, 15) is 4.79 Å². The average Bonchev–Trinajstić information content (AvgIpc) is 2.94. The lowest BCUT2D eigenvalue weighted by Gasteiger charge is -2.34. The largest absolute Gasteiger partial charge is 0.497 e. The minimum absolute atomic E-state index is 0.111. The standard InChI is InChI=1S/C31H45N3O3S/c1-32(2)19-12-21-34-27-15-8-9-16-29(27)38-30(31(34)35)26-23-25(36-4)17-18-28(26)37-22-11-10-20-33(3)24-13-6-5-7-14-24/h8-9,15-18,23-24,30H,5-7,10-14,19-22H2,1-4H3. The van der Waals surface area contributed by atoms with Gasteiger partial charge in [-0.05, 0) is 96.7 Å². The van der Waals surface area contributed by atoms with Gasteiger partial charge < -0.3 is 24.2 Å². The van der Waals surface area contributed by atoms with Crippen LogP contribution in [0.15, 0.2) is 47.4 Å². The molecular formula is C31H45N3O3S. The predicted octanol–water partition coefficient (Wildman–Crippen LogP) is 6.25. The van der Waals surface area contributed by atoms with Gasteiger partial charge in [-0.25, -0.2) is 0 Å². The van der Waals surface area contributed by atoms with Gasteiger partial charge in [-0.2, -0.15) is 0 Å². The molecule has 0 aromatic heterocycles. The number of anilines is 1. The van der Waals surface area contributed by atoms with Gasteiger partial charge in [0.15, 0.2) is 0 Å². The number of rotatable bonds is 13. The molecule has 0 radical (unpaired) electrons. The molecule has 0 N–H and O–H groups in total. The molecular weight excluding hydrogens is 494 g/mol. The van der Waals surface area contributed by atoms with Crippen LogP contribution in [0.4, 0.5) is 5.69 Å². The van der Waals surface area contributed by atoms with Gasteiger partial charge in [0, 0.05) is 23.0 Å². The second kappa shape index (κ2) is 14.2. The normalized spacial score (nSPS) is 18.2. The Kier molecular flexibility index (Phi) is 10.8. The summed E-state index contributed by atoms with van der Waals surface area (Å²) in [6.07, 6.45) is 9.83. The Morgan fingerprint density at radius 2 is 1.76 bits per heavy atom. The fourth-order valence-electron chi connectivity index (χ4n) is 5.53. The molecule has 1 aliphatic carbocycles. The van der Waals surface area contributed by atoms with E-state index < -0.39 is 0 Å². The quantitative estimate of drug-likeness (QED) is 0.280. The van der Waals surface area contributed by atoms with Crippen LogP contribution < -0.4 is 14.4 Å². The monoisotopic (exact) mass is 539 g/mol. The third-order valence-electron chi connectivity index (χ3n) is 7.74. The number of para-hydroxylation sites is 1. The number of unbranched alkanes of at least 4 members (excludes halogenated alkanes) is 1. The van der Waals surface area contributed by atoms with Gasteiger partial charge >= 0.3 is 0 Å². The topological polar surface area (TPSA) is 45.3 Å². The summed E-state index contributed by atoms with van der Waals surface area (Å²) < 4.78 is 11.9. The summed E-state index contributed by atoms with van der Waals surface area (Å²) in [6.45, 7) is 3.39. The van der Waals surface area contributed by atoms with E-state index in [-0.39, 0.29) is 11.2 Å². The summed E-state index contributed by atoms with van der Waals surface area (Å²) in [4.78, 5) is 21.7. The number of fused-ring (bicyclic) bond motifs is 1. The van der Waals surface area contributed by atoms with E-state index in [1.807, 2.05) is 35.2 Å². The lowest BCUT2D eigenvalue weighted by Crippen LogP contribution is -2.39. The van der Waals surface area contributed by atoms with E-state index in [0.29, 0.717) is 13.2 Å². The van der Waals surface area contributed by atoms with E-state index in [4.69, 9.17) is 9.47 Å². The Bertz CT molecular complexity index is 1040. The molecule has 6 nitrogen and oxygen atoms in total. The van der Waals surface area contributed by atoms with Crippen LogP contribution in [0.25, 0.3) is 0 Å². The molecule has 1 atom stereocenters. The van der Waals surface area contributed by atoms with Crippen LogP contribution >= 0.6 is 11.8 Å². The van der Waals surface area contributed by atoms with Crippen molar-refractivity contribution in [3.05, 3.63) is 48.0 Å². The second-order valence-corrected chi connectivity index (χ2v) is 12.0. The molecule has 38 heavy (non-hydrogen) atoms. The van der Waals surface area contributed by atoms with E-state index >= 15 is 0 Å². The van der Waals surface area contributed by atoms with Crippen molar-refractivity contribution in [1.82, 2.24) is 9.80 Å². The van der Waals surface area contributed by atoms with Gasteiger partial charge in [0.2, 0.25) is 5.91 Å². The highest BCUT2D eigenvalue weighted by Gasteiger charge is 2.36. The third-order valence-corrected chi connectivity index (χ3v) is 9.03. The van der Waals surface area contributed by atoms with Gasteiger partial charge in [-0.3, -0.25) is 4.79 Å². The molecule has 1 saturated carbocycles. The lowest BCUT2D eigenvalue weighted by molar-refractivity contribution is -0.118. The summed E-state index contributed by atoms with van der Waals surface area (Å²) in [6, 6.07) is 14.8. The van der Waals surface area contributed by atoms with E-state index in [2.05, 4.69) is 43.1 Å². The van der Waals surface area contributed by atoms with Crippen LogP contribution in [0.5, 0.6) is 11.5 Å². The molecule has 1 amide bonds. The highest BCUT2D eigenvalue weighted by Crippen LogP contribution is 2.49. The van der Waals surface area contributed by atoms with Crippen LogP contribution in [0, 0.1) is 0 Å². The molecule has 0 bridgehead atoms. The molecule has 0 saturated heterocycles. The van der Waals surface area contributed by atoms with E-state index in [1.165, 1.54) is 32.1 Å². The first-order chi connectivity index (χ1) is 18.5. The first kappa shape index (κ1) is 28.8. The van der Waals surface area contributed by atoms with Crippen molar-refractivity contribution in [2.75, 3.05) is 59.4 Å². The zero-order valence-corrected chi connectivity index (χ0v) is 24.5. The van der Waals surface area contributed by atoms with Crippen LogP contribution in [-0.2, 0) is 4.79 Å². The van der Waals surface area contributed by atoms with Crippen molar-refractivity contribution >= 4 is 23.4 Å². The molecule has 2 aromatic carbocycles. The Morgan fingerprint density at radius 1 is 0.974 bits per heavy atom. The molecule has 1 fully saturated rings. The number of ether oxygens (including phenoxy) is 2. The molecule has 1 unspecified atom stereocenters. The summed E-state index contributed by atoms with van der Waals surface area (Å²) in [5.41, 5.74) is 1.90. The van der Waals surface area contributed by atoms with Crippen molar-refractivity contribution in [2.45, 2.75) is 67.6 Å². The molecule has 2 aliphatic rings. The number of amides is 1. The molecule has 0 spiro atoms. The van der Waals surface area contributed by atoms with Crippen LogP contribution in [0.1, 0.15) is 62.2 Å². The number of methoxy groups -OCH3 is 1. The van der Waals surface area contributed by atoms with Crippen molar-refractivity contribution < 1.29 is 14.3 Å². The smallest absolute Gasteiger partial charge is 0.245 e. The SMILES string of the molecule is COc1ccc(OCCCCN(C)C2CCCCC2)c(C2Sc3ccccc3N(CCCN(C)C)C2=O)c1. The Labute approximate surface area is 233 Å². The van der Waals surface area contributed by atoms with Crippen LogP contribution in [0.2, 0.25) is 0 Å². The maximum atomic E-state index is 13.9. The molecule has 4 rings (SSSR count). The molecule has 1 aliphatic heterocycles. The van der Waals surface area contributed by atoms with Gasteiger partial charge in [0.05, 0.1) is 19.4 Å². The minimum atomic E-state index is -0.369. The maximum Gasteiger partial charge on any atom is 0.245 e. The van der Waals surface area contributed by atoms with Gasteiger partial charge in [-0.1, -0.05) is 31.4 Å². The molecule has 2 aromatic rings. The lowest BCUT2D eigenvalue weighted by atomic mass is 9.94. The number of carbonyl (C=O) groups is 1. The summed E-state index contributed by atoms with van der Waals surface area (Å²) in [5.74, 6) is 1.64. The first-order valence-electron chi connectivity index (χ1n) is 14.2. The number of hydrogen-bond acceptors (Lipinski definition) is 6. The predicted molar refractivity (Wildman–Crippen MR) is 158 cm³/mol. The zero-order chi connectivity index (χ0) is 26.9. The van der Waals surface area contributed by atoms with E-state index in [1.54, 1.807) is 18.9 Å². The zero-order valence-electron chi connectivity index (χ0n) is 23.7. The van der Waals surface area contributed by atoms with Gasteiger partial charge in [0.1, 0.15) is 16.7 Å². The highest BCUT2D eigenvalue weighted by atomic mass is 32.2. The number of benzene rings is 2. The fraction of sp³-hybridized carbons (Fsp3) is 0.581. The highest BCUT2D eigenvalue weighted by molar-refractivity contribution is 8.00. The Morgan fingerprint density at radius 3 is 2.53 bits per heavy atom. The Hall–Kier alpha value is -2.22. The van der Waals surface area contributed by atoms with Crippen molar-refractivity contribution in [2.24, 2.45) is 0 Å². The number of nitrogens with zero attached hydrogens (tertiary/aromatic N) is 3. The van der Waals surface area contributed by atoms with Crippen molar-refractivity contribution in [3.8, 4) is 11.5 Å². The summed E-state index contributed by atoms with van der Waals surface area (Å²) >= 11 is 1.61. The second-order valence-electron chi connectivity index (χ2n) is 10.8. The number of carbonyl (C=O) groups excluding carboxylic acids is 1.